The second kappa shape index (κ2) is 8.08. The number of thiophene rings is 1. The molecule has 0 saturated heterocycles. The van der Waals surface area contributed by atoms with E-state index in [1.165, 1.54) is 10.4 Å². The van der Waals surface area contributed by atoms with Gasteiger partial charge < -0.3 is 10.1 Å². The fraction of sp³-hybridized carbons (Fsp3) is 0.412. The molecule has 2 nitrogen and oxygen atoms in total. The molecule has 0 spiro atoms. The van der Waals surface area contributed by atoms with Gasteiger partial charge in [0.1, 0.15) is 5.75 Å². The summed E-state index contributed by atoms with van der Waals surface area (Å²) in [5.41, 5.74) is 1.23. The van der Waals surface area contributed by atoms with Gasteiger partial charge in [0.15, 0.2) is 0 Å². The van der Waals surface area contributed by atoms with Crippen molar-refractivity contribution in [3.05, 3.63) is 52.2 Å². The molecule has 0 saturated carbocycles. The van der Waals surface area contributed by atoms with E-state index in [0.717, 1.165) is 31.7 Å². The number of hydrogen-bond acceptors (Lipinski definition) is 3. The number of ether oxygens (including phenoxy) is 1. The van der Waals surface area contributed by atoms with Gasteiger partial charge in [0, 0.05) is 10.4 Å². The van der Waals surface area contributed by atoms with Crippen molar-refractivity contribution in [3.63, 3.8) is 0 Å². The molecule has 1 aromatic carbocycles. The first-order chi connectivity index (χ1) is 9.86. The Morgan fingerprint density at radius 2 is 1.95 bits per heavy atom. The maximum absolute atomic E-state index is 5.91. The zero-order valence-electron chi connectivity index (χ0n) is 12.3. The molecule has 0 amide bonds. The van der Waals surface area contributed by atoms with E-state index in [1.807, 2.05) is 6.07 Å². The van der Waals surface area contributed by atoms with E-state index >= 15 is 0 Å². The van der Waals surface area contributed by atoms with Gasteiger partial charge in [-0.05, 0) is 36.9 Å². The molecule has 0 bridgehead atoms. The summed E-state index contributed by atoms with van der Waals surface area (Å²) in [6.45, 7) is 6.10. The van der Waals surface area contributed by atoms with Crippen molar-refractivity contribution in [1.82, 2.24) is 5.32 Å². The number of rotatable bonds is 8. The molecule has 3 heteroatoms. The highest BCUT2D eigenvalue weighted by Gasteiger charge is 2.18. The van der Waals surface area contributed by atoms with Crippen LogP contribution in [0.25, 0.3) is 0 Å². The number of nitrogens with one attached hydrogen (secondary N) is 1. The van der Waals surface area contributed by atoms with Gasteiger partial charge in [0.25, 0.3) is 0 Å². The predicted molar refractivity (Wildman–Crippen MR) is 86.7 cm³/mol. The maximum Gasteiger partial charge on any atom is 0.124 e. The largest absolute Gasteiger partial charge is 0.493 e. The molecule has 2 rings (SSSR count). The van der Waals surface area contributed by atoms with Crippen molar-refractivity contribution < 1.29 is 4.74 Å². The van der Waals surface area contributed by atoms with E-state index in [2.05, 4.69) is 54.9 Å². The summed E-state index contributed by atoms with van der Waals surface area (Å²) >= 11 is 1.79. The van der Waals surface area contributed by atoms with E-state index in [0.29, 0.717) is 0 Å². The molecule has 0 radical (unpaired) electrons. The van der Waals surface area contributed by atoms with Crippen molar-refractivity contribution in [2.45, 2.75) is 32.7 Å². The van der Waals surface area contributed by atoms with Crippen molar-refractivity contribution in [2.24, 2.45) is 0 Å². The molecule has 108 valence electrons. The standard InChI is InChI=1S/C17H23NOS/c1-3-11-18-17(16-10-7-13-20-16)14-8-5-6-9-15(14)19-12-4-2/h5-10,13,17-18H,3-4,11-12H2,1-2H3. The maximum atomic E-state index is 5.91. The third kappa shape index (κ3) is 3.84. The van der Waals surface area contributed by atoms with Gasteiger partial charge in [0.2, 0.25) is 0 Å². The highest BCUT2D eigenvalue weighted by atomic mass is 32.1. The highest BCUT2D eigenvalue weighted by molar-refractivity contribution is 7.10. The minimum absolute atomic E-state index is 0.225. The molecular formula is C17H23NOS. The van der Waals surface area contributed by atoms with E-state index in [1.54, 1.807) is 11.3 Å². The monoisotopic (exact) mass is 289 g/mol. The second-order valence-corrected chi connectivity index (χ2v) is 5.77. The van der Waals surface area contributed by atoms with Gasteiger partial charge in [-0.1, -0.05) is 38.1 Å². The fourth-order valence-corrected chi connectivity index (χ4v) is 2.99. The first-order valence-corrected chi connectivity index (χ1v) is 8.23. The van der Waals surface area contributed by atoms with E-state index in [-0.39, 0.29) is 6.04 Å². The van der Waals surface area contributed by atoms with Gasteiger partial charge in [-0.2, -0.15) is 0 Å². The number of para-hydroxylation sites is 1. The minimum Gasteiger partial charge on any atom is -0.493 e. The lowest BCUT2D eigenvalue weighted by Gasteiger charge is -2.21. The van der Waals surface area contributed by atoms with E-state index in [9.17, 15) is 0 Å². The SMILES string of the molecule is CCCNC(c1cccs1)c1ccccc1OCCC. The van der Waals surface area contributed by atoms with Crippen LogP contribution in [0.3, 0.4) is 0 Å². The van der Waals surface area contributed by atoms with E-state index in [4.69, 9.17) is 4.74 Å². The Hall–Kier alpha value is -1.32. The lowest BCUT2D eigenvalue weighted by Crippen LogP contribution is -2.23. The van der Waals surface area contributed by atoms with Crippen molar-refractivity contribution >= 4 is 11.3 Å². The summed E-state index contributed by atoms with van der Waals surface area (Å²) in [6.07, 6.45) is 2.15. The van der Waals surface area contributed by atoms with Crippen molar-refractivity contribution in [2.75, 3.05) is 13.2 Å². The average Bonchev–Trinajstić information content (AvgIpc) is 3.01. The van der Waals surface area contributed by atoms with Gasteiger partial charge in [0.05, 0.1) is 12.6 Å². The first kappa shape index (κ1) is 15.1. The van der Waals surface area contributed by atoms with Crippen LogP contribution in [0, 0.1) is 0 Å². The Kier molecular flexibility index (Phi) is 6.09. The Morgan fingerprint density at radius 1 is 1.10 bits per heavy atom. The Morgan fingerprint density at radius 3 is 2.65 bits per heavy atom. The molecule has 0 aliphatic rings. The summed E-state index contributed by atoms with van der Waals surface area (Å²) in [7, 11) is 0. The number of benzene rings is 1. The number of hydrogen-bond donors (Lipinski definition) is 1. The van der Waals surface area contributed by atoms with Crippen LogP contribution >= 0.6 is 11.3 Å². The van der Waals surface area contributed by atoms with Crippen LogP contribution in [-0.4, -0.2) is 13.2 Å². The first-order valence-electron chi connectivity index (χ1n) is 7.35. The highest BCUT2D eigenvalue weighted by Crippen LogP contribution is 2.32. The lowest BCUT2D eigenvalue weighted by atomic mass is 10.0. The van der Waals surface area contributed by atoms with Crippen LogP contribution in [0.4, 0.5) is 0 Å². The molecule has 0 aliphatic carbocycles. The van der Waals surface area contributed by atoms with Gasteiger partial charge in [-0.15, -0.1) is 11.3 Å². The van der Waals surface area contributed by atoms with Crippen LogP contribution in [0.1, 0.15) is 43.2 Å². The summed E-state index contributed by atoms with van der Waals surface area (Å²) < 4.78 is 5.91. The molecule has 0 fully saturated rings. The molecule has 1 unspecified atom stereocenters. The minimum atomic E-state index is 0.225. The Bertz CT molecular complexity index is 495. The molecule has 1 heterocycles. The van der Waals surface area contributed by atoms with Gasteiger partial charge in [-0.25, -0.2) is 0 Å². The normalized spacial score (nSPS) is 12.3. The van der Waals surface area contributed by atoms with Gasteiger partial charge >= 0.3 is 0 Å². The van der Waals surface area contributed by atoms with Crippen LogP contribution in [0.2, 0.25) is 0 Å². The molecule has 1 atom stereocenters. The molecule has 2 aromatic rings. The Labute approximate surface area is 125 Å². The molecule has 1 aromatic heterocycles. The lowest BCUT2D eigenvalue weighted by molar-refractivity contribution is 0.312. The third-order valence-corrected chi connectivity index (χ3v) is 4.06. The summed E-state index contributed by atoms with van der Waals surface area (Å²) in [5.74, 6) is 0.997. The smallest absolute Gasteiger partial charge is 0.124 e. The molecule has 20 heavy (non-hydrogen) atoms. The van der Waals surface area contributed by atoms with Crippen LogP contribution in [0.5, 0.6) is 5.75 Å². The zero-order chi connectivity index (χ0) is 14.2. The van der Waals surface area contributed by atoms with Crippen molar-refractivity contribution in [1.29, 1.82) is 0 Å². The Balaban J connectivity index is 2.28. The summed E-state index contributed by atoms with van der Waals surface area (Å²) in [4.78, 5) is 1.34. The van der Waals surface area contributed by atoms with E-state index < -0.39 is 0 Å². The topological polar surface area (TPSA) is 21.3 Å². The molecule has 0 aliphatic heterocycles. The quantitative estimate of drug-likeness (QED) is 0.765. The summed E-state index contributed by atoms with van der Waals surface area (Å²) in [6, 6.07) is 12.9. The zero-order valence-corrected chi connectivity index (χ0v) is 13.1. The fourth-order valence-electron chi connectivity index (χ4n) is 2.17. The molecular weight excluding hydrogens is 266 g/mol. The summed E-state index contributed by atoms with van der Waals surface area (Å²) in [5, 5.41) is 5.77. The van der Waals surface area contributed by atoms with Crippen LogP contribution < -0.4 is 10.1 Å². The predicted octanol–water partition coefficient (Wildman–Crippen LogP) is 4.63. The second-order valence-electron chi connectivity index (χ2n) is 4.79. The van der Waals surface area contributed by atoms with Crippen molar-refractivity contribution in [3.8, 4) is 5.75 Å². The average molecular weight is 289 g/mol. The molecule has 1 N–H and O–H groups in total. The van der Waals surface area contributed by atoms with Crippen LogP contribution in [0.15, 0.2) is 41.8 Å². The third-order valence-electron chi connectivity index (χ3n) is 3.12. The van der Waals surface area contributed by atoms with Crippen LogP contribution in [-0.2, 0) is 0 Å². The van der Waals surface area contributed by atoms with Gasteiger partial charge in [-0.3, -0.25) is 0 Å².